The lowest BCUT2D eigenvalue weighted by Crippen LogP contribution is -2.41. The molecule has 1 aromatic carbocycles. The van der Waals surface area contributed by atoms with Crippen molar-refractivity contribution in [1.82, 2.24) is 10.6 Å². The Bertz CT molecular complexity index is 413. The summed E-state index contributed by atoms with van der Waals surface area (Å²) in [5.74, 6) is -1.55. The Morgan fingerprint density at radius 3 is 2.33 bits per heavy atom. The number of benzene rings is 1. The predicted molar refractivity (Wildman–Crippen MR) is 66.0 cm³/mol. The van der Waals surface area contributed by atoms with Crippen molar-refractivity contribution >= 4 is 5.91 Å². The van der Waals surface area contributed by atoms with Crippen molar-refractivity contribution in [3.05, 3.63) is 35.4 Å². The zero-order valence-electron chi connectivity index (χ0n) is 10.8. The minimum Gasteiger partial charge on any atom is -0.352 e. The molecule has 2 N–H and O–H groups in total. The van der Waals surface area contributed by atoms with Crippen molar-refractivity contribution in [2.75, 3.05) is 7.05 Å². The summed E-state index contributed by atoms with van der Waals surface area (Å²) >= 11 is 0. The van der Waals surface area contributed by atoms with E-state index in [4.69, 9.17) is 0 Å². The van der Waals surface area contributed by atoms with Crippen LogP contribution in [0.3, 0.4) is 0 Å². The van der Waals surface area contributed by atoms with Gasteiger partial charge in [0.1, 0.15) is 11.6 Å². The molecule has 0 saturated carbocycles. The molecule has 0 aliphatic carbocycles. The Balaban J connectivity index is 2.58. The highest BCUT2D eigenvalue weighted by atomic mass is 19.1. The molecular weight excluding hydrogens is 238 g/mol. The summed E-state index contributed by atoms with van der Waals surface area (Å²) in [6.07, 6.45) is 0.236. The standard InChI is InChI=1S/C13H18F2N2O/c1-13(2,16-3)7-12(18)17-8-9-10(14)5-4-6-11(9)15/h4-6,16H,7-8H2,1-3H3,(H,17,18). The molecule has 0 fully saturated rings. The van der Waals surface area contributed by atoms with E-state index in [9.17, 15) is 13.6 Å². The van der Waals surface area contributed by atoms with Crippen LogP contribution in [-0.2, 0) is 11.3 Å². The average Bonchev–Trinajstić information content (AvgIpc) is 2.28. The van der Waals surface area contributed by atoms with E-state index in [1.165, 1.54) is 18.2 Å². The summed E-state index contributed by atoms with van der Waals surface area (Å²) in [7, 11) is 1.75. The summed E-state index contributed by atoms with van der Waals surface area (Å²) in [5, 5.41) is 5.50. The van der Waals surface area contributed by atoms with E-state index in [0.717, 1.165) is 0 Å². The van der Waals surface area contributed by atoms with Crippen molar-refractivity contribution in [2.24, 2.45) is 0 Å². The third kappa shape index (κ3) is 4.07. The van der Waals surface area contributed by atoms with Crippen LogP contribution < -0.4 is 10.6 Å². The molecule has 0 unspecified atom stereocenters. The van der Waals surface area contributed by atoms with E-state index < -0.39 is 11.6 Å². The summed E-state index contributed by atoms with van der Waals surface area (Å²) in [6, 6.07) is 3.63. The topological polar surface area (TPSA) is 41.1 Å². The molecule has 0 heterocycles. The van der Waals surface area contributed by atoms with Crippen LogP contribution in [0, 0.1) is 11.6 Å². The maximum Gasteiger partial charge on any atom is 0.222 e. The molecule has 0 saturated heterocycles. The predicted octanol–water partition coefficient (Wildman–Crippen LogP) is 1.97. The number of carbonyl (C=O) groups is 1. The fourth-order valence-electron chi connectivity index (χ4n) is 1.44. The Hall–Kier alpha value is -1.49. The van der Waals surface area contributed by atoms with Crippen molar-refractivity contribution in [3.63, 3.8) is 0 Å². The van der Waals surface area contributed by atoms with Crippen LogP contribution in [-0.4, -0.2) is 18.5 Å². The molecule has 18 heavy (non-hydrogen) atoms. The van der Waals surface area contributed by atoms with Gasteiger partial charge in [0.05, 0.1) is 0 Å². The molecule has 1 aromatic rings. The second-order valence-corrected chi connectivity index (χ2v) is 4.79. The van der Waals surface area contributed by atoms with Crippen LogP contribution in [0.15, 0.2) is 18.2 Å². The van der Waals surface area contributed by atoms with E-state index in [2.05, 4.69) is 10.6 Å². The molecule has 1 rings (SSSR count). The molecule has 5 heteroatoms. The Kier molecular flexibility index (Phi) is 4.78. The average molecular weight is 256 g/mol. The summed E-state index contributed by atoms with van der Waals surface area (Å²) in [4.78, 5) is 11.6. The van der Waals surface area contributed by atoms with Gasteiger partial charge in [-0.1, -0.05) is 6.07 Å². The molecule has 0 bridgehead atoms. The van der Waals surface area contributed by atoms with Crippen LogP contribution in [0.4, 0.5) is 8.78 Å². The highest BCUT2D eigenvalue weighted by Crippen LogP contribution is 2.12. The second kappa shape index (κ2) is 5.91. The fraction of sp³-hybridized carbons (Fsp3) is 0.462. The van der Waals surface area contributed by atoms with Crippen LogP contribution >= 0.6 is 0 Å². The lowest BCUT2D eigenvalue weighted by atomic mass is 10.0. The monoisotopic (exact) mass is 256 g/mol. The highest BCUT2D eigenvalue weighted by Gasteiger charge is 2.19. The van der Waals surface area contributed by atoms with E-state index in [-0.39, 0.29) is 30.0 Å². The first kappa shape index (κ1) is 14.6. The van der Waals surface area contributed by atoms with Crippen LogP contribution in [0.25, 0.3) is 0 Å². The minimum atomic E-state index is -0.650. The largest absolute Gasteiger partial charge is 0.352 e. The zero-order chi connectivity index (χ0) is 13.8. The molecule has 1 amide bonds. The number of amides is 1. The maximum absolute atomic E-state index is 13.3. The van der Waals surface area contributed by atoms with E-state index in [0.29, 0.717) is 0 Å². The van der Waals surface area contributed by atoms with Gasteiger partial charge < -0.3 is 10.6 Å². The van der Waals surface area contributed by atoms with Crippen molar-refractivity contribution in [1.29, 1.82) is 0 Å². The van der Waals surface area contributed by atoms with Crippen LogP contribution in [0.1, 0.15) is 25.8 Å². The van der Waals surface area contributed by atoms with Crippen molar-refractivity contribution in [2.45, 2.75) is 32.4 Å². The smallest absolute Gasteiger partial charge is 0.222 e. The first-order chi connectivity index (χ1) is 8.35. The van der Waals surface area contributed by atoms with Crippen molar-refractivity contribution < 1.29 is 13.6 Å². The van der Waals surface area contributed by atoms with Gasteiger partial charge in [-0.25, -0.2) is 8.78 Å². The lowest BCUT2D eigenvalue weighted by molar-refractivity contribution is -0.122. The third-order valence-electron chi connectivity index (χ3n) is 2.80. The second-order valence-electron chi connectivity index (χ2n) is 4.79. The van der Waals surface area contributed by atoms with Gasteiger partial charge in [-0.2, -0.15) is 0 Å². The first-order valence-electron chi connectivity index (χ1n) is 5.74. The molecule has 0 aliphatic heterocycles. The third-order valence-corrected chi connectivity index (χ3v) is 2.80. The van der Waals surface area contributed by atoms with Gasteiger partial charge in [0.2, 0.25) is 5.91 Å². The van der Waals surface area contributed by atoms with E-state index >= 15 is 0 Å². The van der Waals surface area contributed by atoms with E-state index in [1.807, 2.05) is 13.8 Å². The summed E-state index contributed by atoms with van der Waals surface area (Å²) < 4.78 is 26.6. The molecule has 100 valence electrons. The number of hydrogen-bond acceptors (Lipinski definition) is 2. The number of nitrogens with one attached hydrogen (secondary N) is 2. The summed E-state index contributed by atoms with van der Waals surface area (Å²) in [5.41, 5.74) is -0.467. The van der Waals surface area contributed by atoms with Gasteiger partial charge >= 0.3 is 0 Å². The van der Waals surface area contributed by atoms with Crippen molar-refractivity contribution in [3.8, 4) is 0 Å². The molecule has 0 spiro atoms. The van der Waals surface area contributed by atoms with Gasteiger partial charge in [0.25, 0.3) is 0 Å². The zero-order valence-corrected chi connectivity index (χ0v) is 10.8. The van der Waals surface area contributed by atoms with E-state index in [1.54, 1.807) is 7.05 Å². The van der Waals surface area contributed by atoms with Gasteiger partial charge in [0, 0.05) is 24.1 Å². The number of carbonyl (C=O) groups excluding carboxylic acids is 1. The normalized spacial score (nSPS) is 11.4. The quantitative estimate of drug-likeness (QED) is 0.845. The van der Waals surface area contributed by atoms with Gasteiger partial charge in [-0.15, -0.1) is 0 Å². The lowest BCUT2D eigenvalue weighted by Gasteiger charge is -2.23. The number of halogens is 2. The molecular formula is C13H18F2N2O. The van der Waals surface area contributed by atoms with Crippen LogP contribution in [0.2, 0.25) is 0 Å². The van der Waals surface area contributed by atoms with Gasteiger partial charge in [-0.05, 0) is 33.0 Å². The Morgan fingerprint density at radius 2 is 1.83 bits per heavy atom. The fourth-order valence-corrected chi connectivity index (χ4v) is 1.44. The highest BCUT2D eigenvalue weighted by molar-refractivity contribution is 5.77. The van der Waals surface area contributed by atoms with Gasteiger partial charge in [0.15, 0.2) is 0 Å². The Labute approximate surface area is 106 Å². The first-order valence-corrected chi connectivity index (χ1v) is 5.74. The molecule has 0 radical (unpaired) electrons. The molecule has 3 nitrogen and oxygen atoms in total. The molecule has 0 atom stereocenters. The summed E-state index contributed by atoms with van der Waals surface area (Å²) in [6.45, 7) is 3.60. The molecule has 0 aromatic heterocycles. The molecule has 0 aliphatic rings. The maximum atomic E-state index is 13.3. The number of rotatable bonds is 5. The Morgan fingerprint density at radius 1 is 1.28 bits per heavy atom. The van der Waals surface area contributed by atoms with Gasteiger partial charge in [-0.3, -0.25) is 4.79 Å². The minimum absolute atomic E-state index is 0.117. The number of hydrogen-bond donors (Lipinski definition) is 2. The van der Waals surface area contributed by atoms with Crippen LogP contribution in [0.5, 0.6) is 0 Å². The SMILES string of the molecule is CNC(C)(C)CC(=O)NCc1c(F)cccc1F.